The predicted octanol–water partition coefficient (Wildman–Crippen LogP) is 3.11. The highest BCUT2D eigenvalue weighted by Gasteiger charge is 2.09. The lowest BCUT2D eigenvalue weighted by Gasteiger charge is -2.06. The van der Waals surface area contributed by atoms with Gasteiger partial charge in [0.05, 0.1) is 22.5 Å². The first kappa shape index (κ1) is 19.5. The van der Waals surface area contributed by atoms with Crippen molar-refractivity contribution >= 4 is 29.4 Å². The minimum atomic E-state index is -0.460. The standard InChI is InChI=1S/C20H17N5O4/c1-14(26)22-16-9-7-15(8-10-16)20(27)23-21-13-19-6-3-11-24(19)17-4-2-5-18(12-17)25(28)29/h2-13H,1H3,(H,22,26)(H,23,27)/b21-13-. The summed E-state index contributed by atoms with van der Waals surface area (Å²) in [6.45, 7) is 1.40. The largest absolute Gasteiger partial charge is 0.326 e. The number of hydrogen-bond acceptors (Lipinski definition) is 5. The zero-order valence-electron chi connectivity index (χ0n) is 15.4. The van der Waals surface area contributed by atoms with Gasteiger partial charge in [-0.2, -0.15) is 5.10 Å². The zero-order valence-corrected chi connectivity index (χ0v) is 15.4. The summed E-state index contributed by atoms with van der Waals surface area (Å²) in [7, 11) is 0. The van der Waals surface area contributed by atoms with E-state index in [9.17, 15) is 19.7 Å². The second kappa shape index (κ2) is 8.61. The van der Waals surface area contributed by atoms with Crippen LogP contribution < -0.4 is 10.7 Å². The van der Waals surface area contributed by atoms with Gasteiger partial charge in [-0.1, -0.05) is 6.07 Å². The van der Waals surface area contributed by atoms with Crippen molar-refractivity contribution in [2.45, 2.75) is 6.92 Å². The summed E-state index contributed by atoms with van der Waals surface area (Å²) >= 11 is 0. The minimum absolute atomic E-state index is 0.0184. The van der Waals surface area contributed by atoms with Crippen LogP contribution in [0.3, 0.4) is 0 Å². The van der Waals surface area contributed by atoms with E-state index in [0.29, 0.717) is 22.6 Å². The van der Waals surface area contributed by atoms with Gasteiger partial charge in [-0.25, -0.2) is 5.43 Å². The van der Waals surface area contributed by atoms with Gasteiger partial charge in [0.25, 0.3) is 11.6 Å². The molecule has 2 amide bonds. The lowest BCUT2D eigenvalue weighted by Crippen LogP contribution is -2.18. The maximum absolute atomic E-state index is 12.2. The second-order valence-electron chi connectivity index (χ2n) is 6.04. The highest BCUT2D eigenvalue weighted by atomic mass is 16.6. The molecule has 0 radical (unpaired) electrons. The third kappa shape index (κ3) is 4.92. The first-order valence-corrected chi connectivity index (χ1v) is 8.57. The quantitative estimate of drug-likeness (QED) is 0.381. The van der Waals surface area contributed by atoms with Crippen molar-refractivity contribution in [3.63, 3.8) is 0 Å². The molecule has 146 valence electrons. The van der Waals surface area contributed by atoms with Gasteiger partial charge in [-0.3, -0.25) is 19.7 Å². The molecule has 0 unspecified atom stereocenters. The molecule has 29 heavy (non-hydrogen) atoms. The van der Waals surface area contributed by atoms with Crippen molar-refractivity contribution in [3.8, 4) is 5.69 Å². The summed E-state index contributed by atoms with van der Waals surface area (Å²) in [5.41, 5.74) is 4.61. The van der Waals surface area contributed by atoms with Gasteiger partial charge in [-0.15, -0.1) is 0 Å². The Morgan fingerprint density at radius 2 is 1.86 bits per heavy atom. The molecule has 0 saturated carbocycles. The Morgan fingerprint density at radius 3 is 2.55 bits per heavy atom. The Morgan fingerprint density at radius 1 is 1.10 bits per heavy atom. The van der Waals surface area contributed by atoms with Gasteiger partial charge in [0.15, 0.2) is 0 Å². The molecule has 1 heterocycles. The number of nitrogens with one attached hydrogen (secondary N) is 2. The maximum Gasteiger partial charge on any atom is 0.271 e. The Kier molecular flexibility index (Phi) is 5.79. The molecule has 0 aliphatic heterocycles. The Hall–Kier alpha value is -4.27. The van der Waals surface area contributed by atoms with Gasteiger partial charge in [0.2, 0.25) is 5.91 Å². The monoisotopic (exact) mass is 391 g/mol. The SMILES string of the molecule is CC(=O)Nc1ccc(C(=O)N/N=C\c2cccn2-c2cccc([N+](=O)[O-])c2)cc1. The lowest BCUT2D eigenvalue weighted by atomic mass is 10.2. The molecular formula is C20H17N5O4. The number of nitro benzene ring substituents is 1. The van der Waals surface area contributed by atoms with Crippen LogP contribution >= 0.6 is 0 Å². The number of hydrogen-bond donors (Lipinski definition) is 2. The van der Waals surface area contributed by atoms with Crippen LogP contribution in [0.5, 0.6) is 0 Å². The van der Waals surface area contributed by atoms with Gasteiger partial charge >= 0.3 is 0 Å². The van der Waals surface area contributed by atoms with E-state index in [1.54, 1.807) is 59.3 Å². The van der Waals surface area contributed by atoms with Crippen LogP contribution in [0.1, 0.15) is 23.0 Å². The van der Waals surface area contributed by atoms with Gasteiger partial charge in [-0.05, 0) is 42.5 Å². The average molecular weight is 391 g/mol. The van der Waals surface area contributed by atoms with Crippen molar-refractivity contribution in [2.75, 3.05) is 5.32 Å². The summed E-state index contributed by atoms with van der Waals surface area (Å²) in [4.78, 5) is 33.7. The number of anilines is 1. The van der Waals surface area contributed by atoms with Crippen LogP contribution in [0.2, 0.25) is 0 Å². The fraction of sp³-hybridized carbons (Fsp3) is 0.0500. The number of benzene rings is 2. The van der Waals surface area contributed by atoms with Crippen molar-refractivity contribution in [2.24, 2.45) is 5.10 Å². The predicted molar refractivity (Wildman–Crippen MR) is 108 cm³/mol. The third-order valence-electron chi connectivity index (χ3n) is 3.93. The molecular weight excluding hydrogens is 374 g/mol. The van der Waals surface area contributed by atoms with Crippen LogP contribution in [0.25, 0.3) is 5.69 Å². The first-order valence-electron chi connectivity index (χ1n) is 8.57. The fourth-order valence-electron chi connectivity index (χ4n) is 2.62. The molecule has 1 aromatic heterocycles. The van der Waals surface area contributed by atoms with Gasteiger partial charge < -0.3 is 9.88 Å². The number of amides is 2. The van der Waals surface area contributed by atoms with E-state index in [2.05, 4.69) is 15.8 Å². The fourth-order valence-corrected chi connectivity index (χ4v) is 2.62. The second-order valence-corrected chi connectivity index (χ2v) is 6.04. The molecule has 2 N–H and O–H groups in total. The van der Waals surface area contributed by atoms with E-state index in [0.717, 1.165) is 0 Å². The molecule has 0 bridgehead atoms. The van der Waals surface area contributed by atoms with Crippen LogP contribution in [0, 0.1) is 10.1 Å². The molecule has 9 nitrogen and oxygen atoms in total. The number of carbonyl (C=O) groups is 2. The first-order chi connectivity index (χ1) is 13.9. The smallest absolute Gasteiger partial charge is 0.271 e. The third-order valence-corrected chi connectivity index (χ3v) is 3.93. The molecule has 0 fully saturated rings. The van der Waals surface area contributed by atoms with Gasteiger partial charge in [0, 0.05) is 36.5 Å². The van der Waals surface area contributed by atoms with Crippen LogP contribution in [0.4, 0.5) is 11.4 Å². The summed E-state index contributed by atoms with van der Waals surface area (Å²) < 4.78 is 1.71. The molecule has 0 saturated heterocycles. The van der Waals surface area contributed by atoms with Crippen molar-refractivity contribution in [1.82, 2.24) is 9.99 Å². The van der Waals surface area contributed by atoms with E-state index in [4.69, 9.17) is 0 Å². The van der Waals surface area contributed by atoms with E-state index in [1.807, 2.05) is 0 Å². The Labute approximate surface area is 165 Å². The van der Waals surface area contributed by atoms with Crippen molar-refractivity contribution in [3.05, 3.63) is 88.2 Å². The number of carbonyl (C=O) groups excluding carboxylic acids is 2. The number of hydrazone groups is 1. The molecule has 0 aliphatic carbocycles. The van der Waals surface area contributed by atoms with Gasteiger partial charge in [0.1, 0.15) is 0 Å². The average Bonchev–Trinajstić information content (AvgIpc) is 3.16. The lowest BCUT2D eigenvalue weighted by molar-refractivity contribution is -0.384. The van der Waals surface area contributed by atoms with E-state index in [-0.39, 0.29) is 11.6 Å². The molecule has 0 atom stereocenters. The molecule has 0 spiro atoms. The summed E-state index contributed by atoms with van der Waals surface area (Å²) in [6, 6.07) is 16.1. The van der Waals surface area contributed by atoms with Crippen molar-refractivity contribution < 1.29 is 14.5 Å². The summed E-state index contributed by atoms with van der Waals surface area (Å²) in [5, 5.41) is 17.5. The highest BCUT2D eigenvalue weighted by Crippen LogP contribution is 2.18. The van der Waals surface area contributed by atoms with Crippen LogP contribution in [-0.2, 0) is 4.79 Å². The number of non-ortho nitro benzene ring substituents is 1. The van der Waals surface area contributed by atoms with E-state index in [1.165, 1.54) is 25.3 Å². The Balaban J connectivity index is 1.69. The highest BCUT2D eigenvalue weighted by molar-refractivity contribution is 5.96. The van der Waals surface area contributed by atoms with E-state index >= 15 is 0 Å². The number of rotatable bonds is 6. The number of nitro groups is 1. The topological polar surface area (TPSA) is 119 Å². The minimum Gasteiger partial charge on any atom is -0.326 e. The summed E-state index contributed by atoms with van der Waals surface area (Å²) in [5.74, 6) is -0.609. The van der Waals surface area contributed by atoms with Crippen molar-refractivity contribution in [1.29, 1.82) is 0 Å². The number of nitrogens with zero attached hydrogens (tertiary/aromatic N) is 3. The maximum atomic E-state index is 12.2. The molecule has 3 rings (SSSR count). The van der Waals surface area contributed by atoms with E-state index < -0.39 is 10.8 Å². The molecule has 3 aromatic rings. The van der Waals surface area contributed by atoms with Crippen LogP contribution in [0.15, 0.2) is 72.0 Å². The Bertz CT molecular complexity index is 1090. The molecule has 2 aromatic carbocycles. The summed E-state index contributed by atoms with van der Waals surface area (Å²) in [6.07, 6.45) is 3.19. The molecule has 9 heteroatoms. The normalized spacial score (nSPS) is 10.7. The van der Waals surface area contributed by atoms with Crippen LogP contribution in [-0.4, -0.2) is 27.5 Å². The number of aromatic nitrogens is 1. The zero-order chi connectivity index (χ0) is 20.8. The molecule has 0 aliphatic rings.